The molecule has 200 valence electrons. The van der Waals surface area contributed by atoms with Gasteiger partial charge in [-0.1, -0.05) is 23.7 Å². The highest BCUT2D eigenvalue weighted by Gasteiger charge is 2.37. The van der Waals surface area contributed by atoms with Crippen LogP contribution in [0.4, 0.5) is 15.8 Å². The van der Waals surface area contributed by atoms with Crippen molar-refractivity contribution in [3.05, 3.63) is 94.4 Å². The molecular formula is C28H26BClFN9. The van der Waals surface area contributed by atoms with Crippen molar-refractivity contribution < 1.29 is 4.39 Å². The monoisotopic (exact) mass is 553 g/mol. The number of hydrogen-bond donors (Lipinski definition) is 4. The lowest BCUT2D eigenvalue weighted by Crippen LogP contribution is -2.45. The fourth-order valence-corrected chi connectivity index (χ4v) is 5.15. The van der Waals surface area contributed by atoms with Crippen LogP contribution in [0.25, 0.3) is 10.9 Å². The molecule has 1 fully saturated rings. The molecule has 0 amide bonds. The van der Waals surface area contributed by atoms with Gasteiger partial charge in [-0.05, 0) is 48.7 Å². The maximum absolute atomic E-state index is 13.8. The summed E-state index contributed by atoms with van der Waals surface area (Å²) >= 11 is 6.73. The van der Waals surface area contributed by atoms with E-state index in [2.05, 4.69) is 37.7 Å². The summed E-state index contributed by atoms with van der Waals surface area (Å²) in [7, 11) is 8.95. The smallest absolute Gasteiger partial charge is 0.123 e. The molecule has 1 unspecified atom stereocenters. The van der Waals surface area contributed by atoms with Crippen molar-refractivity contribution in [3.8, 4) is 6.07 Å². The predicted molar refractivity (Wildman–Crippen MR) is 154 cm³/mol. The Kier molecular flexibility index (Phi) is 6.74. The first-order chi connectivity index (χ1) is 19.4. The van der Waals surface area contributed by atoms with E-state index in [1.54, 1.807) is 24.4 Å². The van der Waals surface area contributed by atoms with Crippen LogP contribution >= 0.6 is 11.6 Å². The Morgan fingerprint density at radius 1 is 1.25 bits per heavy atom. The van der Waals surface area contributed by atoms with E-state index in [0.717, 1.165) is 18.5 Å². The molecule has 2 aromatic heterocycles. The van der Waals surface area contributed by atoms with Gasteiger partial charge in [0.05, 0.1) is 32.9 Å². The van der Waals surface area contributed by atoms with Crippen molar-refractivity contribution in [1.29, 1.82) is 5.26 Å². The third kappa shape index (κ3) is 4.92. The van der Waals surface area contributed by atoms with Gasteiger partial charge in [-0.25, -0.2) is 4.39 Å². The second-order valence-electron chi connectivity index (χ2n) is 9.99. The van der Waals surface area contributed by atoms with E-state index in [-0.39, 0.29) is 5.82 Å². The summed E-state index contributed by atoms with van der Waals surface area (Å²) in [6, 6.07) is 14.2. The van der Waals surface area contributed by atoms with Gasteiger partial charge in [0.25, 0.3) is 0 Å². The van der Waals surface area contributed by atoms with Crippen LogP contribution in [0.15, 0.2) is 66.8 Å². The van der Waals surface area contributed by atoms with Gasteiger partial charge in [-0.3, -0.25) is 14.7 Å². The zero-order valence-electron chi connectivity index (χ0n) is 21.7. The molecule has 3 heterocycles. The minimum Gasteiger partial charge on any atom is -0.383 e. The summed E-state index contributed by atoms with van der Waals surface area (Å²) in [4.78, 5) is 4.45. The van der Waals surface area contributed by atoms with Crippen molar-refractivity contribution in [2.24, 2.45) is 7.05 Å². The van der Waals surface area contributed by atoms with Gasteiger partial charge >= 0.3 is 0 Å². The zero-order valence-corrected chi connectivity index (χ0v) is 22.5. The largest absolute Gasteiger partial charge is 0.383 e. The number of anilines is 2. The van der Waals surface area contributed by atoms with Crippen LogP contribution in [0.2, 0.25) is 5.02 Å². The maximum atomic E-state index is 13.8. The maximum Gasteiger partial charge on any atom is 0.123 e. The van der Waals surface area contributed by atoms with E-state index in [9.17, 15) is 9.65 Å². The Hall–Kier alpha value is -4.27. The van der Waals surface area contributed by atoms with Crippen LogP contribution in [0.3, 0.4) is 0 Å². The first kappa shape index (κ1) is 26.0. The van der Waals surface area contributed by atoms with Crippen LogP contribution in [0.5, 0.6) is 0 Å². The lowest BCUT2D eigenvalue weighted by Gasteiger charge is -2.34. The number of aromatic nitrogens is 3. The molecule has 12 heteroatoms. The average molecular weight is 554 g/mol. The third-order valence-electron chi connectivity index (χ3n) is 7.24. The Bertz CT molecular complexity index is 1640. The normalized spacial score (nSPS) is 16.2. The number of aryl methyl sites for hydroxylation is 1. The molecule has 0 saturated heterocycles. The standard InChI is InChI=1S/C28H26BClFN9/c1-39-21(9-11-35-39)8-10-33-26-17(14-32)15-34-27-23(26)12-20(13-24(27)30)36-28(29,18-2-4-19(31)5-3-18)25-16-40(38-37-25)22-6-7-22/h2-5,9,11-13,15-16,22,36-38H,6-8,10H2,1H3,(H,33,34). The third-order valence-corrected chi connectivity index (χ3v) is 7.53. The summed E-state index contributed by atoms with van der Waals surface area (Å²) < 4.78 is 15.7. The van der Waals surface area contributed by atoms with E-state index < -0.39 is 5.44 Å². The Labute approximate surface area is 237 Å². The molecule has 2 aliphatic rings. The number of benzene rings is 2. The number of nitrogens with one attached hydrogen (secondary N) is 4. The predicted octanol–water partition coefficient (Wildman–Crippen LogP) is 4.05. The van der Waals surface area contributed by atoms with Crippen LogP contribution in [0.1, 0.15) is 29.7 Å². The summed E-state index contributed by atoms with van der Waals surface area (Å²) in [6.45, 7) is 0.568. The molecule has 1 atom stereocenters. The molecule has 2 aromatic carbocycles. The van der Waals surface area contributed by atoms with E-state index in [4.69, 9.17) is 19.4 Å². The molecule has 40 heavy (non-hydrogen) atoms. The molecule has 1 aliphatic heterocycles. The molecule has 0 bridgehead atoms. The molecule has 6 rings (SSSR count). The van der Waals surface area contributed by atoms with Crippen LogP contribution in [0, 0.1) is 17.1 Å². The number of pyridine rings is 1. The fraction of sp³-hybridized carbons (Fsp3) is 0.250. The number of nitriles is 1. The number of hydrogen-bond acceptors (Lipinski definition) is 8. The topological polar surface area (TPSA) is 106 Å². The van der Waals surface area contributed by atoms with Crippen molar-refractivity contribution in [1.82, 2.24) is 30.7 Å². The van der Waals surface area contributed by atoms with Gasteiger partial charge in [-0.15, -0.1) is 5.53 Å². The molecule has 1 saturated carbocycles. The molecule has 4 aromatic rings. The van der Waals surface area contributed by atoms with Gasteiger partial charge in [0, 0.05) is 61.4 Å². The van der Waals surface area contributed by atoms with Gasteiger partial charge in [0.2, 0.25) is 0 Å². The molecule has 1 aliphatic carbocycles. The van der Waals surface area contributed by atoms with E-state index in [1.165, 1.54) is 18.3 Å². The van der Waals surface area contributed by atoms with E-state index in [1.807, 2.05) is 35.1 Å². The minimum absolute atomic E-state index is 0.358. The first-order valence-corrected chi connectivity index (χ1v) is 13.3. The summed E-state index contributed by atoms with van der Waals surface area (Å²) in [6.07, 6.45) is 8.08. The SMILES string of the molecule is [B]C(Nc1cc(Cl)c2ncc(C#N)c(NCCc3ccnn3C)c2c1)(C1=CN(C2CC2)NN1)c1ccc(F)cc1. The van der Waals surface area contributed by atoms with Crippen LogP contribution < -0.4 is 21.6 Å². The first-order valence-electron chi connectivity index (χ1n) is 12.9. The average Bonchev–Trinajstić information content (AvgIpc) is 3.52. The lowest BCUT2D eigenvalue weighted by atomic mass is 9.69. The molecule has 9 nitrogen and oxygen atoms in total. The molecule has 4 N–H and O–H groups in total. The highest BCUT2D eigenvalue weighted by Crippen LogP contribution is 2.38. The zero-order chi connectivity index (χ0) is 27.9. The highest BCUT2D eigenvalue weighted by molar-refractivity contribution is 6.36. The van der Waals surface area contributed by atoms with Crippen molar-refractivity contribution in [3.63, 3.8) is 0 Å². The second kappa shape index (κ2) is 10.4. The Morgan fingerprint density at radius 2 is 2.05 bits per heavy atom. The highest BCUT2D eigenvalue weighted by atomic mass is 35.5. The number of rotatable bonds is 9. The van der Waals surface area contributed by atoms with Gasteiger partial charge in [0.1, 0.15) is 19.7 Å². The lowest BCUT2D eigenvalue weighted by molar-refractivity contribution is 0.260. The Balaban J connectivity index is 1.38. The number of nitrogens with zero attached hydrogens (tertiary/aromatic N) is 5. The summed E-state index contributed by atoms with van der Waals surface area (Å²) in [5, 5.41) is 23.9. The number of fused-ring (bicyclic) bond motifs is 1. The van der Waals surface area contributed by atoms with Gasteiger partial charge in [0.15, 0.2) is 0 Å². The molecular weight excluding hydrogens is 528 g/mol. The van der Waals surface area contributed by atoms with Crippen LogP contribution in [-0.4, -0.2) is 40.2 Å². The van der Waals surface area contributed by atoms with Crippen molar-refractivity contribution >= 4 is 41.7 Å². The minimum atomic E-state index is -1.27. The Morgan fingerprint density at radius 3 is 2.75 bits per heavy atom. The van der Waals surface area contributed by atoms with E-state index in [0.29, 0.717) is 63.1 Å². The van der Waals surface area contributed by atoms with Crippen LogP contribution in [-0.2, 0) is 18.9 Å². The molecule has 2 radical (unpaired) electrons. The molecule has 0 spiro atoms. The number of halogens is 2. The quantitative estimate of drug-likeness (QED) is 0.230. The summed E-state index contributed by atoms with van der Waals surface area (Å²) in [5.41, 5.74) is 9.59. The number of hydrazine groups is 2. The van der Waals surface area contributed by atoms with Crippen molar-refractivity contribution in [2.45, 2.75) is 30.7 Å². The van der Waals surface area contributed by atoms with Gasteiger partial charge in [-0.2, -0.15) is 10.4 Å². The van der Waals surface area contributed by atoms with E-state index >= 15 is 0 Å². The summed E-state index contributed by atoms with van der Waals surface area (Å²) in [5.74, 6) is -0.358. The fourth-order valence-electron chi connectivity index (χ4n) is 4.88. The second-order valence-corrected chi connectivity index (χ2v) is 10.4. The van der Waals surface area contributed by atoms with Crippen molar-refractivity contribution in [2.75, 3.05) is 17.2 Å². The van der Waals surface area contributed by atoms with Gasteiger partial charge < -0.3 is 16.1 Å².